The molecular weight excluding hydrogens is 508 g/mol. The molecule has 184 valence electrons. The zero-order valence-electron chi connectivity index (χ0n) is 18.8. The van der Waals surface area contributed by atoms with Gasteiger partial charge >= 0.3 is 6.03 Å². The molecule has 0 saturated carbocycles. The second-order valence-corrected chi connectivity index (χ2v) is 8.75. The number of rotatable bonds is 5. The van der Waals surface area contributed by atoms with Gasteiger partial charge in [0.15, 0.2) is 11.6 Å². The van der Waals surface area contributed by atoms with Crippen LogP contribution in [0.5, 0.6) is 11.5 Å². The van der Waals surface area contributed by atoms with Gasteiger partial charge in [0, 0.05) is 36.6 Å². The van der Waals surface area contributed by atoms with Crippen LogP contribution in [-0.2, 0) is 4.74 Å². The number of urea groups is 1. The number of nitrogens with zero attached hydrogens (tertiary/aromatic N) is 3. The third-order valence-electron chi connectivity index (χ3n) is 5.43. The summed E-state index contributed by atoms with van der Waals surface area (Å²) >= 11 is 11.8. The molecule has 36 heavy (non-hydrogen) atoms. The van der Waals surface area contributed by atoms with E-state index < -0.39 is 11.8 Å². The highest BCUT2D eigenvalue weighted by molar-refractivity contribution is 6.42. The molecule has 3 aromatic carbocycles. The van der Waals surface area contributed by atoms with Crippen LogP contribution in [0.1, 0.15) is 0 Å². The number of aromatic nitrogens is 2. The van der Waals surface area contributed by atoms with Crippen molar-refractivity contribution >= 4 is 57.5 Å². The SMILES string of the molecule is O=C(Nc1ccc(Oc2ccc3ncc(N4CCOCC4)nc3c2)c(F)c1)Nc1ccc(Cl)c(Cl)c1. The van der Waals surface area contributed by atoms with Crippen LogP contribution < -0.4 is 20.3 Å². The van der Waals surface area contributed by atoms with Crippen molar-refractivity contribution in [3.05, 3.63) is 76.7 Å². The van der Waals surface area contributed by atoms with Gasteiger partial charge in [0.2, 0.25) is 0 Å². The Morgan fingerprint density at radius 1 is 0.944 bits per heavy atom. The molecule has 2 heterocycles. The molecule has 0 bridgehead atoms. The number of nitrogens with one attached hydrogen (secondary N) is 2. The summed E-state index contributed by atoms with van der Waals surface area (Å²) in [4.78, 5) is 23.5. The monoisotopic (exact) mass is 527 g/mol. The van der Waals surface area contributed by atoms with Crippen LogP contribution in [0.25, 0.3) is 11.0 Å². The summed E-state index contributed by atoms with van der Waals surface area (Å²) < 4.78 is 25.9. The minimum atomic E-state index is -0.643. The Labute approximate surface area is 216 Å². The summed E-state index contributed by atoms with van der Waals surface area (Å²) in [6.07, 6.45) is 1.73. The van der Waals surface area contributed by atoms with Crippen molar-refractivity contribution in [1.82, 2.24) is 9.97 Å². The highest BCUT2D eigenvalue weighted by Crippen LogP contribution is 2.29. The van der Waals surface area contributed by atoms with E-state index in [9.17, 15) is 9.18 Å². The van der Waals surface area contributed by atoms with Gasteiger partial charge in [-0.05, 0) is 42.5 Å². The number of carbonyl (C=O) groups excluding carboxylic acids is 1. The van der Waals surface area contributed by atoms with E-state index in [0.29, 0.717) is 45.7 Å². The maximum atomic E-state index is 14.8. The van der Waals surface area contributed by atoms with Crippen LogP contribution in [0.3, 0.4) is 0 Å². The second-order valence-electron chi connectivity index (χ2n) is 7.93. The molecular formula is C25H20Cl2FN5O3. The lowest BCUT2D eigenvalue weighted by molar-refractivity contribution is 0.122. The number of anilines is 3. The lowest BCUT2D eigenvalue weighted by Gasteiger charge is -2.27. The molecule has 2 N–H and O–H groups in total. The first kappa shape index (κ1) is 24.1. The molecule has 1 fully saturated rings. The number of fused-ring (bicyclic) bond motifs is 1. The second kappa shape index (κ2) is 10.5. The molecule has 8 nitrogen and oxygen atoms in total. The number of carbonyl (C=O) groups is 1. The van der Waals surface area contributed by atoms with Crippen LogP contribution in [0.15, 0.2) is 60.8 Å². The van der Waals surface area contributed by atoms with Gasteiger partial charge in [-0.2, -0.15) is 0 Å². The van der Waals surface area contributed by atoms with Crippen LogP contribution >= 0.6 is 23.2 Å². The topological polar surface area (TPSA) is 88.6 Å². The molecule has 1 aliphatic rings. The first-order valence-electron chi connectivity index (χ1n) is 11.0. The Balaban J connectivity index is 1.27. The van der Waals surface area contributed by atoms with Crippen LogP contribution in [0.2, 0.25) is 10.0 Å². The smallest absolute Gasteiger partial charge is 0.323 e. The molecule has 0 aliphatic carbocycles. The molecule has 0 atom stereocenters. The van der Waals surface area contributed by atoms with Crippen LogP contribution in [0, 0.1) is 5.82 Å². The lowest BCUT2D eigenvalue weighted by atomic mass is 10.2. The van der Waals surface area contributed by atoms with Crippen molar-refractivity contribution < 1.29 is 18.7 Å². The minimum Gasteiger partial charge on any atom is -0.454 e. The largest absolute Gasteiger partial charge is 0.454 e. The number of amides is 2. The van der Waals surface area contributed by atoms with Gasteiger partial charge in [-0.1, -0.05) is 23.2 Å². The quantitative estimate of drug-likeness (QED) is 0.314. The molecule has 1 saturated heterocycles. The summed E-state index contributed by atoms with van der Waals surface area (Å²) in [7, 11) is 0. The number of ether oxygens (including phenoxy) is 2. The third kappa shape index (κ3) is 5.59. The maximum absolute atomic E-state index is 14.8. The third-order valence-corrected chi connectivity index (χ3v) is 6.17. The normalized spacial score (nSPS) is 13.5. The van der Waals surface area contributed by atoms with E-state index in [-0.39, 0.29) is 11.4 Å². The van der Waals surface area contributed by atoms with Gasteiger partial charge in [-0.3, -0.25) is 4.98 Å². The van der Waals surface area contributed by atoms with Gasteiger partial charge in [0.1, 0.15) is 11.6 Å². The van der Waals surface area contributed by atoms with Gasteiger partial charge < -0.3 is 25.0 Å². The van der Waals surface area contributed by atoms with E-state index in [1.54, 1.807) is 36.5 Å². The summed E-state index contributed by atoms with van der Waals surface area (Å²) in [5, 5.41) is 5.85. The van der Waals surface area contributed by atoms with Crippen molar-refractivity contribution in [2.75, 3.05) is 41.8 Å². The van der Waals surface area contributed by atoms with E-state index in [2.05, 4.69) is 25.5 Å². The van der Waals surface area contributed by atoms with Crippen LogP contribution in [-0.4, -0.2) is 42.3 Å². The zero-order valence-corrected chi connectivity index (χ0v) is 20.3. The van der Waals surface area contributed by atoms with E-state index in [1.165, 1.54) is 24.3 Å². The van der Waals surface area contributed by atoms with Gasteiger partial charge in [0.05, 0.1) is 40.5 Å². The predicted molar refractivity (Wildman–Crippen MR) is 138 cm³/mol. The molecule has 2 amide bonds. The van der Waals surface area contributed by atoms with Crippen molar-refractivity contribution in [3.8, 4) is 11.5 Å². The summed E-state index contributed by atoms with van der Waals surface area (Å²) in [5.41, 5.74) is 2.02. The Hall–Kier alpha value is -3.66. The van der Waals surface area contributed by atoms with Crippen molar-refractivity contribution in [2.24, 2.45) is 0 Å². The number of halogens is 3. The maximum Gasteiger partial charge on any atom is 0.323 e. The van der Waals surface area contributed by atoms with Crippen molar-refractivity contribution in [2.45, 2.75) is 0 Å². The van der Waals surface area contributed by atoms with E-state index in [1.807, 2.05) is 0 Å². The molecule has 1 aromatic heterocycles. The average molecular weight is 528 g/mol. The number of hydrogen-bond donors (Lipinski definition) is 2. The average Bonchev–Trinajstić information content (AvgIpc) is 2.88. The molecule has 0 spiro atoms. The number of benzene rings is 3. The van der Waals surface area contributed by atoms with E-state index in [4.69, 9.17) is 32.7 Å². The molecule has 1 aliphatic heterocycles. The fraction of sp³-hybridized carbons (Fsp3) is 0.160. The van der Waals surface area contributed by atoms with Gasteiger partial charge in [-0.15, -0.1) is 0 Å². The highest BCUT2D eigenvalue weighted by atomic mass is 35.5. The predicted octanol–water partition coefficient (Wildman–Crippen LogP) is 6.35. The van der Waals surface area contributed by atoms with Gasteiger partial charge in [-0.25, -0.2) is 14.2 Å². The molecule has 5 rings (SSSR count). The first-order valence-corrected chi connectivity index (χ1v) is 11.8. The number of morpholine rings is 1. The zero-order chi connectivity index (χ0) is 25.1. The Kier molecular flexibility index (Phi) is 7.04. The number of hydrogen-bond acceptors (Lipinski definition) is 6. The molecule has 0 radical (unpaired) electrons. The standard InChI is InChI=1S/C25H20Cl2FN5O3/c26-18-4-1-15(11-19(18)27)30-25(34)31-16-2-6-23(20(28)12-16)36-17-3-5-21-22(13-17)32-24(14-29-21)33-7-9-35-10-8-33/h1-6,11-14H,7-10H2,(H2,30,31,34). The molecule has 4 aromatic rings. The fourth-order valence-electron chi connectivity index (χ4n) is 3.65. The summed E-state index contributed by atoms with van der Waals surface area (Å²) in [6, 6.07) is 13.4. The summed E-state index contributed by atoms with van der Waals surface area (Å²) in [6.45, 7) is 2.77. The first-order chi connectivity index (χ1) is 17.4. The molecule has 11 heteroatoms. The van der Waals surface area contributed by atoms with E-state index >= 15 is 0 Å². The highest BCUT2D eigenvalue weighted by Gasteiger charge is 2.14. The van der Waals surface area contributed by atoms with E-state index in [0.717, 1.165) is 18.9 Å². The Morgan fingerprint density at radius 2 is 1.69 bits per heavy atom. The van der Waals surface area contributed by atoms with Crippen molar-refractivity contribution in [3.63, 3.8) is 0 Å². The minimum absolute atomic E-state index is 0.00193. The lowest BCUT2D eigenvalue weighted by Crippen LogP contribution is -2.36. The van der Waals surface area contributed by atoms with Crippen molar-refractivity contribution in [1.29, 1.82) is 0 Å². The molecule has 0 unspecified atom stereocenters. The Bertz CT molecular complexity index is 1430. The Morgan fingerprint density at radius 3 is 2.44 bits per heavy atom. The van der Waals surface area contributed by atoms with Crippen LogP contribution in [0.4, 0.5) is 26.4 Å². The van der Waals surface area contributed by atoms with Gasteiger partial charge in [0.25, 0.3) is 0 Å². The fourth-order valence-corrected chi connectivity index (χ4v) is 3.94. The summed E-state index contributed by atoms with van der Waals surface area (Å²) in [5.74, 6) is 0.522.